The Labute approximate surface area is 82.0 Å². The lowest BCUT2D eigenvalue weighted by Gasteiger charge is -2.32. The average molecular weight is 199 g/mol. The van der Waals surface area contributed by atoms with Gasteiger partial charge in [-0.15, -0.1) is 0 Å². The molecule has 2 N–H and O–H groups in total. The van der Waals surface area contributed by atoms with E-state index in [1.165, 1.54) is 0 Å². The molecule has 0 amide bonds. The molecule has 0 aliphatic carbocycles. The Kier molecular flexibility index (Phi) is 2.06. The number of ether oxygens (including phenoxy) is 1. The summed E-state index contributed by atoms with van der Waals surface area (Å²) in [6.45, 7) is 2.61. The van der Waals surface area contributed by atoms with E-state index >= 15 is 0 Å². The zero-order chi connectivity index (χ0) is 9.42. The number of hydrazine groups is 1. The van der Waals surface area contributed by atoms with Crippen LogP contribution in [0.15, 0.2) is 18.2 Å². The number of hydrogen-bond acceptors (Lipinski definition) is 3. The van der Waals surface area contributed by atoms with Crippen LogP contribution in [-0.2, 0) is 0 Å². The minimum Gasteiger partial charge on any atom is -0.489 e. The molecule has 0 spiro atoms. The third-order valence-electron chi connectivity index (χ3n) is 2.15. The Bertz CT molecular complexity index is 329. The van der Waals surface area contributed by atoms with Crippen LogP contribution in [0.5, 0.6) is 5.75 Å². The number of benzene rings is 1. The highest BCUT2D eigenvalue weighted by molar-refractivity contribution is 6.30. The number of nitrogens with two attached hydrogens (primary N) is 1. The fraction of sp³-hybridized carbons (Fsp3) is 0.333. The van der Waals surface area contributed by atoms with Gasteiger partial charge in [-0.2, -0.15) is 0 Å². The summed E-state index contributed by atoms with van der Waals surface area (Å²) in [6.07, 6.45) is 0. The van der Waals surface area contributed by atoms with E-state index in [9.17, 15) is 0 Å². The molecule has 1 aliphatic heterocycles. The van der Waals surface area contributed by atoms with Gasteiger partial charge in [-0.1, -0.05) is 11.6 Å². The zero-order valence-corrected chi connectivity index (χ0v) is 8.08. The molecule has 0 bridgehead atoms. The summed E-state index contributed by atoms with van der Waals surface area (Å²) < 4.78 is 5.48. The summed E-state index contributed by atoms with van der Waals surface area (Å²) in [4.78, 5) is 0. The number of fused-ring (bicyclic) bond motifs is 1. The topological polar surface area (TPSA) is 38.5 Å². The molecule has 0 fully saturated rings. The molecule has 1 atom stereocenters. The van der Waals surface area contributed by atoms with Crippen molar-refractivity contribution < 1.29 is 4.74 Å². The molecule has 0 saturated heterocycles. The van der Waals surface area contributed by atoms with Gasteiger partial charge in [0, 0.05) is 11.1 Å². The van der Waals surface area contributed by atoms with Gasteiger partial charge in [-0.25, -0.2) is 5.84 Å². The van der Waals surface area contributed by atoms with E-state index in [-0.39, 0.29) is 6.04 Å². The smallest absolute Gasteiger partial charge is 0.145 e. The van der Waals surface area contributed by atoms with Crippen molar-refractivity contribution in [2.24, 2.45) is 5.84 Å². The van der Waals surface area contributed by atoms with Gasteiger partial charge >= 0.3 is 0 Å². The van der Waals surface area contributed by atoms with Crippen molar-refractivity contribution in [3.05, 3.63) is 23.2 Å². The third kappa shape index (κ3) is 1.45. The molecule has 1 heterocycles. The second kappa shape index (κ2) is 3.09. The van der Waals surface area contributed by atoms with Gasteiger partial charge in [0.25, 0.3) is 0 Å². The molecule has 0 aromatic heterocycles. The number of anilines is 1. The summed E-state index contributed by atoms with van der Waals surface area (Å²) in [5, 5.41) is 2.37. The van der Waals surface area contributed by atoms with Crippen LogP contribution in [0, 0.1) is 0 Å². The van der Waals surface area contributed by atoms with Crippen LogP contribution in [-0.4, -0.2) is 12.6 Å². The van der Waals surface area contributed by atoms with Crippen molar-refractivity contribution in [3.8, 4) is 5.75 Å². The Morgan fingerprint density at radius 2 is 2.38 bits per heavy atom. The molecule has 70 valence electrons. The van der Waals surface area contributed by atoms with Crippen LogP contribution in [0.4, 0.5) is 5.69 Å². The number of hydrogen-bond donors (Lipinski definition) is 1. The van der Waals surface area contributed by atoms with Gasteiger partial charge < -0.3 is 9.75 Å². The standard InChI is InChI=1S/C9H11ClN2O/c1-6-5-13-9-4-7(10)2-3-8(9)12(6)11/h2-4,6H,5,11H2,1H3. The fourth-order valence-corrected chi connectivity index (χ4v) is 1.51. The molecule has 1 aromatic carbocycles. The van der Waals surface area contributed by atoms with Crippen molar-refractivity contribution in [3.63, 3.8) is 0 Å². The SMILES string of the molecule is CC1COc2cc(Cl)ccc2N1N. The van der Waals surface area contributed by atoms with E-state index in [0.717, 1.165) is 11.4 Å². The van der Waals surface area contributed by atoms with Crippen molar-refractivity contribution in [1.29, 1.82) is 0 Å². The minimum absolute atomic E-state index is 0.202. The van der Waals surface area contributed by atoms with Crippen molar-refractivity contribution in [2.75, 3.05) is 11.6 Å². The second-order valence-corrected chi connectivity index (χ2v) is 3.62. The van der Waals surface area contributed by atoms with Gasteiger partial charge in [0.1, 0.15) is 12.4 Å². The predicted octanol–water partition coefficient (Wildman–Crippen LogP) is 1.80. The molecule has 13 heavy (non-hydrogen) atoms. The molecule has 1 unspecified atom stereocenters. The largest absolute Gasteiger partial charge is 0.489 e. The molecule has 0 radical (unpaired) electrons. The van der Waals surface area contributed by atoms with Crippen molar-refractivity contribution in [1.82, 2.24) is 0 Å². The maximum atomic E-state index is 5.85. The first kappa shape index (κ1) is 8.66. The summed E-state index contributed by atoms with van der Waals surface area (Å²) in [5.74, 6) is 6.61. The molecule has 0 saturated carbocycles. The number of halogens is 1. The van der Waals surface area contributed by atoms with E-state index < -0.39 is 0 Å². The van der Waals surface area contributed by atoms with E-state index in [1.807, 2.05) is 19.1 Å². The van der Waals surface area contributed by atoms with Gasteiger partial charge in [-0.3, -0.25) is 0 Å². The Morgan fingerprint density at radius 3 is 3.15 bits per heavy atom. The van der Waals surface area contributed by atoms with Gasteiger partial charge in [0.2, 0.25) is 0 Å². The normalized spacial score (nSPS) is 20.8. The van der Waals surface area contributed by atoms with Crippen LogP contribution in [0.2, 0.25) is 5.02 Å². The average Bonchev–Trinajstić information content (AvgIpc) is 2.12. The molecular formula is C9H11ClN2O. The highest BCUT2D eigenvalue weighted by Gasteiger charge is 2.21. The first-order chi connectivity index (χ1) is 6.18. The van der Waals surface area contributed by atoms with E-state index in [2.05, 4.69) is 0 Å². The monoisotopic (exact) mass is 198 g/mol. The van der Waals surface area contributed by atoms with Gasteiger partial charge in [0.15, 0.2) is 0 Å². The Morgan fingerprint density at radius 1 is 1.62 bits per heavy atom. The van der Waals surface area contributed by atoms with Crippen LogP contribution in [0.3, 0.4) is 0 Å². The first-order valence-electron chi connectivity index (χ1n) is 4.15. The third-order valence-corrected chi connectivity index (χ3v) is 2.39. The molecular weight excluding hydrogens is 188 g/mol. The van der Waals surface area contributed by atoms with E-state index in [1.54, 1.807) is 11.1 Å². The van der Waals surface area contributed by atoms with Crippen LogP contribution >= 0.6 is 11.6 Å². The predicted molar refractivity (Wildman–Crippen MR) is 53.1 cm³/mol. The molecule has 3 nitrogen and oxygen atoms in total. The molecule has 2 rings (SSSR count). The van der Waals surface area contributed by atoms with Crippen molar-refractivity contribution in [2.45, 2.75) is 13.0 Å². The summed E-state index contributed by atoms with van der Waals surface area (Å²) in [7, 11) is 0. The summed E-state index contributed by atoms with van der Waals surface area (Å²) in [5.41, 5.74) is 0.892. The highest BCUT2D eigenvalue weighted by Crippen LogP contribution is 2.33. The van der Waals surface area contributed by atoms with Gasteiger partial charge in [-0.05, 0) is 19.1 Å². The quantitative estimate of drug-likeness (QED) is 0.647. The van der Waals surface area contributed by atoms with Crippen LogP contribution < -0.4 is 15.6 Å². The Hall–Kier alpha value is -0.930. The lowest BCUT2D eigenvalue weighted by Crippen LogP contribution is -2.45. The molecule has 1 aliphatic rings. The lowest BCUT2D eigenvalue weighted by molar-refractivity contribution is 0.271. The maximum Gasteiger partial charge on any atom is 0.145 e. The van der Waals surface area contributed by atoms with Crippen molar-refractivity contribution >= 4 is 17.3 Å². The Balaban J connectivity index is 2.44. The maximum absolute atomic E-state index is 5.85. The van der Waals surface area contributed by atoms with Crippen LogP contribution in [0.25, 0.3) is 0 Å². The van der Waals surface area contributed by atoms with Crippen LogP contribution in [0.1, 0.15) is 6.92 Å². The first-order valence-corrected chi connectivity index (χ1v) is 4.52. The van der Waals surface area contributed by atoms with E-state index in [4.69, 9.17) is 22.2 Å². The summed E-state index contributed by atoms with van der Waals surface area (Å²) >= 11 is 5.82. The van der Waals surface area contributed by atoms with Gasteiger partial charge in [0.05, 0.1) is 11.7 Å². The molecule has 4 heteroatoms. The number of rotatable bonds is 0. The molecule has 1 aromatic rings. The lowest BCUT2D eigenvalue weighted by atomic mass is 10.2. The van der Waals surface area contributed by atoms with E-state index in [0.29, 0.717) is 11.6 Å². The highest BCUT2D eigenvalue weighted by atomic mass is 35.5. The fourth-order valence-electron chi connectivity index (χ4n) is 1.34. The second-order valence-electron chi connectivity index (χ2n) is 3.18. The minimum atomic E-state index is 0.202. The zero-order valence-electron chi connectivity index (χ0n) is 7.33. The summed E-state index contributed by atoms with van der Waals surface area (Å²) in [6, 6.07) is 5.66. The number of nitrogens with zero attached hydrogens (tertiary/aromatic N) is 1.